The van der Waals surface area contributed by atoms with Gasteiger partial charge in [-0.3, -0.25) is 4.90 Å². The van der Waals surface area contributed by atoms with E-state index in [1.54, 1.807) is 0 Å². The van der Waals surface area contributed by atoms with Crippen LogP contribution >= 0.6 is 0 Å². The topological polar surface area (TPSA) is 15.3 Å². The van der Waals surface area contributed by atoms with Crippen LogP contribution in [-0.2, 0) is 0 Å². The smallest absolute Gasteiger partial charge is 0.0139 e. The second kappa shape index (κ2) is 5.27. The van der Waals surface area contributed by atoms with Crippen molar-refractivity contribution in [1.82, 2.24) is 10.2 Å². The highest BCUT2D eigenvalue weighted by molar-refractivity contribution is 4.97. The summed E-state index contributed by atoms with van der Waals surface area (Å²) in [5.74, 6) is 0.904. The van der Waals surface area contributed by atoms with Crippen LogP contribution in [0.2, 0.25) is 0 Å². The van der Waals surface area contributed by atoms with E-state index in [1.165, 1.54) is 45.2 Å². The summed E-state index contributed by atoms with van der Waals surface area (Å²) < 4.78 is 0. The Balaban J connectivity index is 1.80. The van der Waals surface area contributed by atoms with Gasteiger partial charge in [0, 0.05) is 17.6 Å². The molecule has 0 aromatic rings. The summed E-state index contributed by atoms with van der Waals surface area (Å²) in [5.41, 5.74) is 0.273. The molecule has 0 aromatic carbocycles. The molecule has 2 saturated carbocycles. The summed E-state index contributed by atoms with van der Waals surface area (Å²) in [6, 6.07) is 1.83. The Morgan fingerprint density at radius 2 is 1.82 bits per heavy atom. The molecule has 0 spiro atoms. The fourth-order valence-electron chi connectivity index (χ4n) is 2.95. The van der Waals surface area contributed by atoms with Crippen LogP contribution in [0.15, 0.2) is 0 Å². The van der Waals surface area contributed by atoms with Gasteiger partial charge in [0.05, 0.1) is 0 Å². The minimum absolute atomic E-state index is 0.273. The van der Waals surface area contributed by atoms with E-state index in [0.717, 1.165) is 18.0 Å². The molecule has 2 nitrogen and oxygen atoms in total. The molecule has 0 saturated heterocycles. The zero-order valence-electron chi connectivity index (χ0n) is 12.1. The first-order valence-electron chi connectivity index (χ1n) is 7.52. The lowest BCUT2D eigenvalue weighted by Gasteiger charge is -2.45. The third-order valence-electron chi connectivity index (χ3n) is 4.20. The van der Waals surface area contributed by atoms with E-state index in [1.807, 2.05) is 0 Å². The maximum atomic E-state index is 3.68. The molecule has 0 aromatic heterocycles. The maximum Gasteiger partial charge on any atom is 0.0139 e. The van der Waals surface area contributed by atoms with Gasteiger partial charge >= 0.3 is 0 Å². The highest BCUT2D eigenvalue weighted by atomic mass is 15.2. The molecule has 0 aliphatic heterocycles. The number of nitrogens with zero attached hydrogens (tertiary/aromatic N) is 1. The molecule has 2 heteroatoms. The number of nitrogens with one attached hydrogen (secondary N) is 1. The molecule has 2 rings (SSSR count). The normalized spacial score (nSPS) is 29.5. The predicted molar refractivity (Wildman–Crippen MR) is 74.3 cm³/mol. The number of hydrogen-bond donors (Lipinski definition) is 1. The summed E-state index contributed by atoms with van der Waals surface area (Å²) >= 11 is 0. The predicted octanol–water partition coefficient (Wildman–Crippen LogP) is 3.03. The van der Waals surface area contributed by atoms with Crippen molar-refractivity contribution >= 4 is 0 Å². The molecule has 2 aliphatic rings. The van der Waals surface area contributed by atoms with Crippen LogP contribution in [0.3, 0.4) is 0 Å². The molecule has 1 N–H and O–H groups in total. The molecule has 100 valence electrons. The van der Waals surface area contributed by atoms with Gasteiger partial charge in [-0.05, 0) is 71.9 Å². The fraction of sp³-hybridized carbons (Fsp3) is 1.00. The molecule has 17 heavy (non-hydrogen) atoms. The van der Waals surface area contributed by atoms with Gasteiger partial charge in [-0.25, -0.2) is 0 Å². The molecule has 0 heterocycles. The van der Waals surface area contributed by atoms with E-state index in [4.69, 9.17) is 0 Å². The first kappa shape index (κ1) is 13.4. The van der Waals surface area contributed by atoms with Gasteiger partial charge in [-0.2, -0.15) is 0 Å². The van der Waals surface area contributed by atoms with Crippen molar-refractivity contribution in [2.45, 2.75) is 77.4 Å². The zero-order chi connectivity index (χ0) is 12.5. The van der Waals surface area contributed by atoms with E-state index >= 15 is 0 Å². The van der Waals surface area contributed by atoms with Gasteiger partial charge in [-0.1, -0.05) is 6.92 Å². The molecule has 2 aliphatic carbocycles. The van der Waals surface area contributed by atoms with Gasteiger partial charge in [0.2, 0.25) is 0 Å². The van der Waals surface area contributed by atoms with Crippen molar-refractivity contribution in [3.05, 3.63) is 0 Å². The second-order valence-corrected chi connectivity index (χ2v) is 7.00. The third kappa shape index (κ3) is 3.69. The summed E-state index contributed by atoms with van der Waals surface area (Å²) in [4.78, 5) is 2.82. The summed E-state index contributed by atoms with van der Waals surface area (Å²) in [5, 5.41) is 3.68. The average molecular weight is 238 g/mol. The Labute approximate surface area is 107 Å². The first-order chi connectivity index (χ1) is 8.01. The lowest BCUT2D eigenvalue weighted by molar-refractivity contribution is 0.0516. The molecule has 2 unspecified atom stereocenters. The van der Waals surface area contributed by atoms with Crippen LogP contribution in [0.5, 0.6) is 0 Å². The lowest BCUT2D eigenvalue weighted by Crippen LogP contribution is -2.53. The van der Waals surface area contributed by atoms with E-state index < -0.39 is 0 Å². The molecule has 0 radical (unpaired) electrons. The second-order valence-electron chi connectivity index (χ2n) is 7.00. The average Bonchev–Trinajstić information content (AvgIpc) is 2.96. The summed E-state index contributed by atoms with van der Waals surface area (Å²) in [6.07, 6.45) is 7.09. The Morgan fingerprint density at radius 3 is 2.24 bits per heavy atom. The Morgan fingerprint density at radius 1 is 1.12 bits per heavy atom. The SMILES string of the molecule is CCCN(C1CC1)C1CCC1CNC(C)(C)C. The molecule has 2 fully saturated rings. The highest BCUT2D eigenvalue weighted by Crippen LogP contribution is 2.39. The zero-order valence-corrected chi connectivity index (χ0v) is 12.1. The van der Waals surface area contributed by atoms with Crippen molar-refractivity contribution in [2.75, 3.05) is 13.1 Å². The number of hydrogen-bond acceptors (Lipinski definition) is 2. The molecular weight excluding hydrogens is 208 g/mol. The van der Waals surface area contributed by atoms with Gasteiger partial charge < -0.3 is 5.32 Å². The molecule has 0 bridgehead atoms. The first-order valence-corrected chi connectivity index (χ1v) is 7.52. The van der Waals surface area contributed by atoms with E-state index in [9.17, 15) is 0 Å². The highest BCUT2D eigenvalue weighted by Gasteiger charge is 2.41. The lowest BCUT2D eigenvalue weighted by atomic mass is 9.77. The largest absolute Gasteiger partial charge is 0.312 e. The standard InChI is InChI=1S/C15H30N2/c1-5-10-17(13-7-8-13)14-9-6-12(14)11-16-15(2,3)4/h12-14,16H,5-11H2,1-4H3. The van der Waals surface area contributed by atoms with Crippen molar-refractivity contribution in [2.24, 2.45) is 5.92 Å². The van der Waals surface area contributed by atoms with Crippen molar-refractivity contribution in [1.29, 1.82) is 0 Å². The quantitative estimate of drug-likeness (QED) is 0.765. The van der Waals surface area contributed by atoms with Gasteiger partial charge in [-0.15, -0.1) is 0 Å². The maximum absolute atomic E-state index is 3.68. The fourth-order valence-corrected chi connectivity index (χ4v) is 2.95. The van der Waals surface area contributed by atoms with Crippen LogP contribution in [-0.4, -0.2) is 35.6 Å². The minimum atomic E-state index is 0.273. The van der Waals surface area contributed by atoms with Gasteiger partial charge in [0.15, 0.2) is 0 Å². The Kier molecular flexibility index (Phi) is 4.14. The van der Waals surface area contributed by atoms with Gasteiger partial charge in [0.1, 0.15) is 0 Å². The summed E-state index contributed by atoms with van der Waals surface area (Å²) in [7, 11) is 0. The van der Waals surface area contributed by atoms with Crippen molar-refractivity contribution in [3.63, 3.8) is 0 Å². The van der Waals surface area contributed by atoms with Crippen LogP contribution in [0, 0.1) is 5.92 Å². The monoisotopic (exact) mass is 238 g/mol. The molecule has 2 atom stereocenters. The van der Waals surface area contributed by atoms with Crippen LogP contribution in [0.4, 0.5) is 0 Å². The number of rotatable bonds is 6. The van der Waals surface area contributed by atoms with E-state index in [0.29, 0.717) is 0 Å². The molecule has 0 amide bonds. The van der Waals surface area contributed by atoms with Crippen LogP contribution in [0.1, 0.15) is 59.8 Å². The third-order valence-corrected chi connectivity index (χ3v) is 4.20. The van der Waals surface area contributed by atoms with E-state index in [-0.39, 0.29) is 5.54 Å². The van der Waals surface area contributed by atoms with Crippen LogP contribution in [0.25, 0.3) is 0 Å². The van der Waals surface area contributed by atoms with Crippen molar-refractivity contribution < 1.29 is 0 Å². The molecular formula is C15H30N2. The Hall–Kier alpha value is -0.0800. The van der Waals surface area contributed by atoms with E-state index in [2.05, 4.69) is 37.9 Å². The van der Waals surface area contributed by atoms with Gasteiger partial charge in [0.25, 0.3) is 0 Å². The van der Waals surface area contributed by atoms with Crippen LogP contribution < -0.4 is 5.32 Å². The Bertz CT molecular complexity index is 240. The summed E-state index contributed by atoms with van der Waals surface area (Å²) in [6.45, 7) is 11.7. The minimum Gasteiger partial charge on any atom is -0.312 e. The van der Waals surface area contributed by atoms with Crippen molar-refractivity contribution in [3.8, 4) is 0 Å².